The molecule has 0 aromatic heterocycles. The summed E-state index contributed by atoms with van der Waals surface area (Å²) < 4.78 is 4.59. The summed E-state index contributed by atoms with van der Waals surface area (Å²) in [5.74, 6) is -1.28. The van der Waals surface area contributed by atoms with Crippen molar-refractivity contribution < 1.29 is 19.4 Å². The minimum absolute atomic E-state index is 0.0801. The zero-order valence-corrected chi connectivity index (χ0v) is 9.78. The molecule has 1 N–H and O–H groups in total. The Morgan fingerprint density at radius 1 is 1.44 bits per heavy atom. The van der Waals surface area contributed by atoms with E-state index in [1.807, 2.05) is 6.92 Å². The van der Waals surface area contributed by atoms with Crippen LogP contribution in [0.2, 0.25) is 0 Å². The van der Waals surface area contributed by atoms with Crippen molar-refractivity contribution in [1.29, 1.82) is 0 Å². The van der Waals surface area contributed by atoms with Crippen molar-refractivity contribution in [3.63, 3.8) is 0 Å². The summed E-state index contributed by atoms with van der Waals surface area (Å²) in [4.78, 5) is 22.6. The topological polar surface area (TPSA) is 63.6 Å². The first kappa shape index (κ1) is 12.7. The highest BCUT2D eigenvalue weighted by molar-refractivity contribution is 6.22. The number of unbranched alkanes of at least 4 members (excludes halogenated alkanes) is 1. The second-order valence-corrected chi connectivity index (χ2v) is 4.01. The van der Waals surface area contributed by atoms with Crippen LogP contribution in [0.5, 0.6) is 0 Å². The lowest BCUT2D eigenvalue weighted by Gasteiger charge is -2.14. The molecule has 16 heavy (non-hydrogen) atoms. The Labute approximate surface area is 95.3 Å². The lowest BCUT2D eigenvalue weighted by Crippen LogP contribution is -2.12. The molecular formula is C12H18O4. The average molecular weight is 226 g/mol. The van der Waals surface area contributed by atoms with Crippen LogP contribution >= 0.6 is 0 Å². The molecule has 0 aromatic carbocycles. The number of carbonyl (C=O) groups is 2. The number of ether oxygens (including phenoxy) is 1. The highest BCUT2D eigenvalue weighted by Gasteiger charge is 2.33. The van der Waals surface area contributed by atoms with E-state index in [-0.39, 0.29) is 23.9 Å². The number of hydrogen-bond donors (Lipinski definition) is 1. The smallest absolute Gasteiger partial charge is 0.345 e. The first-order valence-electron chi connectivity index (χ1n) is 5.75. The van der Waals surface area contributed by atoms with Crippen LogP contribution in [0.3, 0.4) is 0 Å². The Bertz CT molecular complexity index is 299. The number of carbonyl (C=O) groups excluding carboxylic acids is 2. The maximum absolute atomic E-state index is 11.4. The molecule has 0 saturated carbocycles. The number of hydrogen-bond acceptors (Lipinski definition) is 4. The molecule has 1 atom stereocenters. The van der Waals surface area contributed by atoms with Gasteiger partial charge in [-0.1, -0.05) is 26.7 Å². The van der Waals surface area contributed by atoms with E-state index in [0.29, 0.717) is 0 Å². The summed E-state index contributed by atoms with van der Waals surface area (Å²) in [6.07, 6.45) is 3.51. The van der Waals surface area contributed by atoms with Crippen LogP contribution in [0.25, 0.3) is 0 Å². The number of Topliss-reactive ketones (excluding diaryl/α,β-unsaturated/α-hetero) is 1. The van der Waals surface area contributed by atoms with Crippen molar-refractivity contribution in [2.24, 2.45) is 5.92 Å². The van der Waals surface area contributed by atoms with Crippen LogP contribution in [-0.2, 0) is 14.3 Å². The number of allylic oxidation sites excluding steroid dienone is 1. The third-order valence-electron chi connectivity index (χ3n) is 2.86. The summed E-state index contributed by atoms with van der Waals surface area (Å²) in [7, 11) is 0. The Hall–Kier alpha value is -1.32. The van der Waals surface area contributed by atoms with Crippen molar-refractivity contribution in [3.05, 3.63) is 11.3 Å². The molecule has 0 amide bonds. The van der Waals surface area contributed by atoms with Crippen LogP contribution in [0, 0.1) is 5.92 Å². The van der Waals surface area contributed by atoms with Crippen molar-refractivity contribution >= 4 is 11.8 Å². The molecule has 1 fully saturated rings. The van der Waals surface area contributed by atoms with Crippen LogP contribution in [0.4, 0.5) is 0 Å². The number of rotatable bonds is 5. The molecule has 1 saturated heterocycles. The summed E-state index contributed by atoms with van der Waals surface area (Å²) in [6.45, 7) is 3.76. The molecule has 0 radical (unpaired) electrons. The monoisotopic (exact) mass is 226 g/mol. The normalized spacial score (nSPS) is 20.9. The van der Waals surface area contributed by atoms with Crippen LogP contribution in [0.1, 0.15) is 39.5 Å². The Morgan fingerprint density at radius 2 is 2.12 bits per heavy atom. The third kappa shape index (κ3) is 2.62. The summed E-state index contributed by atoms with van der Waals surface area (Å²) >= 11 is 0. The zero-order chi connectivity index (χ0) is 12.1. The fraction of sp³-hybridized carbons (Fsp3) is 0.667. The average Bonchev–Trinajstić information content (AvgIpc) is 2.59. The highest BCUT2D eigenvalue weighted by Crippen LogP contribution is 2.25. The lowest BCUT2D eigenvalue weighted by molar-refractivity contribution is -0.135. The van der Waals surface area contributed by atoms with E-state index in [1.165, 1.54) is 0 Å². The summed E-state index contributed by atoms with van der Waals surface area (Å²) in [6, 6.07) is 0. The van der Waals surface area contributed by atoms with Gasteiger partial charge in [0, 0.05) is 5.92 Å². The molecule has 1 heterocycles. The molecule has 0 aliphatic carbocycles. The van der Waals surface area contributed by atoms with Gasteiger partial charge in [-0.15, -0.1) is 0 Å². The number of cyclic esters (lactones) is 1. The van der Waals surface area contributed by atoms with Crippen molar-refractivity contribution in [3.8, 4) is 0 Å². The first-order chi connectivity index (χ1) is 7.61. The predicted molar refractivity (Wildman–Crippen MR) is 58.9 cm³/mol. The third-order valence-corrected chi connectivity index (χ3v) is 2.86. The van der Waals surface area contributed by atoms with Gasteiger partial charge >= 0.3 is 5.97 Å². The van der Waals surface area contributed by atoms with E-state index in [4.69, 9.17) is 0 Å². The predicted octanol–water partition coefficient (Wildman–Crippen LogP) is 2.14. The standard InChI is InChI=1S/C12H18O4/c1-3-5-6-8(4-2)11(14)10-9(13)7-16-12(10)15/h8,14H,3-7H2,1-2H3/b11-10-. The molecule has 1 aliphatic rings. The van der Waals surface area contributed by atoms with Gasteiger partial charge in [0.25, 0.3) is 0 Å². The maximum atomic E-state index is 11.4. The molecule has 1 rings (SSSR count). The summed E-state index contributed by atoms with van der Waals surface area (Å²) in [5.41, 5.74) is -0.136. The molecule has 0 aromatic rings. The van der Waals surface area contributed by atoms with Gasteiger partial charge in [-0.2, -0.15) is 0 Å². The summed E-state index contributed by atoms with van der Waals surface area (Å²) in [5, 5.41) is 9.93. The van der Waals surface area contributed by atoms with Gasteiger partial charge in [0.1, 0.15) is 11.3 Å². The molecule has 90 valence electrons. The fourth-order valence-electron chi connectivity index (χ4n) is 1.83. The Kier molecular flexibility index (Phi) is 4.52. The van der Waals surface area contributed by atoms with Gasteiger partial charge in [-0.25, -0.2) is 4.79 Å². The maximum Gasteiger partial charge on any atom is 0.345 e. The SMILES string of the molecule is CCCCC(CC)/C(O)=C1\C(=O)COC1=O. The Balaban J connectivity index is 2.86. The molecular weight excluding hydrogens is 208 g/mol. The minimum Gasteiger partial charge on any atom is -0.511 e. The quantitative estimate of drug-likeness (QED) is 0.337. The van der Waals surface area contributed by atoms with Gasteiger partial charge in [-0.05, 0) is 12.8 Å². The molecule has 0 bridgehead atoms. The van der Waals surface area contributed by atoms with Crippen molar-refractivity contribution in [1.82, 2.24) is 0 Å². The molecule has 1 aliphatic heterocycles. The van der Waals surface area contributed by atoms with Crippen molar-refractivity contribution in [2.75, 3.05) is 6.61 Å². The van der Waals surface area contributed by atoms with E-state index in [9.17, 15) is 14.7 Å². The minimum atomic E-state index is -0.683. The second-order valence-electron chi connectivity index (χ2n) is 4.01. The largest absolute Gasteiger partial charge is 0.511 e. The van der Waals surface area contributed by atoms with Crippen LogP contribution in [0.15, 0.2) is 11.3 Å². The van der Waals surface area contributed by atoms with Crippen molar-refractivity contribution in [2.45, 2.75) is 39.5 Å². The molecule has 4 heteroatoms. The first-order valence-corrected chi connectivity index (χ1v) is 5.75. The van der Waals surface area contributed by atoms with Gasteiger partial charge in [0.2, 0.25) is 5.78 Å². The number of aliphatic hydroxyl groups excluding tert-OH is 1. The second kappa shape index (κ2) is 5.68. The van der Waals surface area contributed by atoms with Crippen LogP contribution < -0.4 is 0 Å². The fourth-order valence-corrected chi connectivity index (χ4v) is 1.83. The van der Waals surface area contributed by atoms with E-state index >= 15 is 0 Å². The van der Waals surface area contributed by atoms with Gasteiger partial charge in [0.15, 0.2) is 6.61 Å². The highest BCUT2D eigenvalue weighted by atomic mass is 16.5. The van der Waals surface area contributed by atoms with Gasteiger partial charge < -0.3 is 9.84 Å². The molecule has 0 spiro atoms. The number of aliphatic hydroxyl groups is 1. The van der Waals surface area contributed by atoms with Gasteiger partial charge in [-0.3, -0.25) is 4.79 Å². The van der Waals surface area contributed by atoms with E-state index in [2.05, 4.69) is 11.7 Å². The van der Waals surface area contributed by atoms with E-state index < -0.39 is 11.8 Å². The van der Waals surface area contributed by atoms with E-state index in [1.54, 1.807) is 0 Å². The Morgan fingerprint density at radius 3 is 2.56 bits per heavy atom. The van der Waals surface area contributed by atoms with Crippen LogP contribution in [-0.4, -0.2) is 23.5 Å². The van der Waals surface area contributed by atoms with E-state index in [0.717, 1.165) is 25.7 Å². The zero-order valence-electron chi connectivity index (χ0n) is 9.78. The molecule has 1 unspecified atom stereocenters. The number of ketones is 1. The van der Waals surface area contributed by atoms with Gasteiger partial charge in [0.05, 0.1) is 0 Å². The molecule has 4 nitrogen and oxygen atoms in total. The number of esters is 1. The lowest BCUT2D eigenvalue weighted by atomic mass is 9.93.